The number of aromatic hydroxyl groups is 2. The fourth-order valence-electron chi connectivity index (χ4n) is 2.71. The van der Waals surface area contributed by atoms with Crippen LogP contribution in [0.5, 0.6) is 11.5 Å². The first kappa shape index (κ1) is 14.1. The summed E-state index contributed by atoms with van der Waals surface area (Å²) < 4.78 is 0. The van der Waals surface area contributed by atoms with Crippen molar-refractivity contribution in [3.63, 3.8) is 0 Å². The van der Waals surface area contributed by atoms with Crippen LogP contribution in [0.15, 0.2) is 77.1 Å². The molecule has 5 heteroatoms. The molecular formula is C19H13N3O2. The smallest absolute Gasteiger partial charge is 0.125 e. The molecule has 0 radical (unpaired) electrons. The van der Waals surface area contributed by atoms with Crippen LogP contribution in [0.1, 0.15) is 0 Å². The number of pyridine rings is 1. The maximum atomic E-state index is 10.1. The molecule has 0 saturated heterocycles. The van der Waals surface area contributed by atoms with Gasteiger partial charge in [-0.05, 0) is 30.3 Å². The lowest BCUT2D eigenvalue weighted by Crippen LogP contribution is -1.78. The standard InChI is InChI=1S/C19H13N3O2/c23-16-10-9-14(18-13(16)6-2-8-17(18)24)21-22-15-7-1-4-12-5-3-11-20-19(12)15/h1-11,23-24H. The Labute approximate surface area is 137 Å². The van der Waals surface area contributed by atoms with Gasteiger partial charge in [-0.3, -0.25) is 4.98 Å². The maximum Gasteiger partial charge on any atom is 0.125 e. The summed E-state index contributed by atoms with van der Waals surface area (Å²) in [6.45, 7) is 0. The van der Waals surface area contributed by atoms with Crippen molar-refractivity contribution < 1.29 is 10.2 Å². The lowest BCUT2D eigenvalue weighted by atomic mass is 10.1. The average Bonchev–Trinajstić information content (AvgIpc) is 2.62. The highest BCUT2D eigenvalue weighted by molar-refractivity contribution is 6.00. The molecule has 24 heavy (non-hydrogen) atoms. The molecule has 4 rings (SSSR count). The molecule has 0 fully saturated rings. The molecule has 1 heterocycles. The highest BCUT2D eigenvalue weighted by Crippen LogP contribution is 2.39. The zero-order valence-corrected chi connectivity index (χ0v) is 12.6. The molecule has 0 atom stereocenters. The predicted octanol–water partition coefficient (Wildman–Crippen LogP) is 5.21. The van der Waals surface area contributed by atoms with E-state index in [1.54, 1.807) is 30.5 Å². The number of fused-ring (bicyclic) bond motifs is 2. The van der Waals surface area contributed by atoms with Crippen molar-refractivity contribution in [3.05, 3.63) is 66.9 Å². The quantitative estimate of drug-likeness (QED) is 0.498. The van der Waals surface area contributed by atoms with Crippen molar-refractivity contribution in [1.82, 2.24) is 4.98 Å². The average molecular weight is 315 g/mol. The van der Waals surface area contributed by atoms with Crippen molar-refractivity contribution in [3.8, 4) is 11.5 Å². The van der Waals surface area contributed by atoms with Gasteiger partial charge in [-0.25, -0.2) is 0 Å². The summed E-state index contributed by atoms with van der Waals surface area (Å²) in [7, 11) is 0. The van der Waals surface area contributed by atoms with Gasteiger partial charge in [0.05, 0.1) is 16.6 Å². The molecule has 116 valence electrons. The van der Waals surface area contributed by atoms with Crippen molar-refractivity contribution >= 4 is 33.1 Å². The number of nitrogens with zero attached hydrogens (tertiary/aromatic N) is 3. The topological polar surface area (TPSA) is 78.1 Å². The van der Waals surface area contributed by atoms with E-state index in [-0.39, 0.29) is 11.5 Å². The minimum Gasteiger partial charge on any atom is -0.507 e. The van der Waals surface area contributed by atoms with Gasteiger partial charge in [0, 0.05) is 17.0 Å². The number of benzene rings is 3. The zero-order valence-electron chi connectivity index (χ0n) is 12.6. The van der Waals surface area contributed by atoms with E-state index in [9.17, 15) is 10.2 Å². The van der Waals surface area contributed by atoms with E-state index in [1.807, 2.05) is 30.3 Å². The van der Waals surface area contributed by atoms with E-state index in [0.29, 0.717) is 22.1 Å². The summed E-state index contributed by atoms with van der Waals surface area (Å²) in [4.78, 5) is 4.34. The molecular weight excluding hydrogens is 302 g/mol. The van der Waals surface area contributed by atoms with Crippen LogP contribution in [0.3, 0.4) is 0 Å². The fraction of sp³-hybridized carbons (Fsp3) is 0. The summed E-state index contributed by atoms with van der Waals surface area (Å²) >= 11 is 0. The van der Waals surface area contributed by atoms with Crippen LogP contribution in [-0.2, 0) is 0 Å². The number of hydrogen-bond donors (Lipinski definition) is 2. The monoisotopic (exact) mass is 315 g/mol. The number of rotatable bonds is 2. The lowest BCUT2D eigenvalue weighted by molar-refractivity contribution is 0.475. The number of hydrogen-bond acceptors (Lipinski definition) is 5. The first-order valence-electron chi connectivity index (χ1n) is 7.43. The van der Waals surface area contributed by atoms with Crippen LogP contribution in [0.25, 0.3) is 21.7 Å². The van der Waals surface area contributed by atoms with Gasteiger partial charge in [0.1, 0.15) is 17.2 Å². The van der Waals surface area contributed by atoms with Crippen molar-refractivity contribution in [2.24, 2.45) is 10.2 Å². The number of para-hydroxylation sites is 1. The van der Waals surface area contributed by atoms with Gasteiger partial charge in [-0.1, -0.05) is 30.3 Å². The zero-order chi connectivity index (χ0) is 16.5. The molecule has 5 nitrogen and oxygen atoms in total. The van der Waals surface area contributed by atoms with E-state index in [0.717, 1.165) is 10.9 Å². The highest BCUT2D eigenvalue weighted by Gasteiger charge is 2.09. The summed E-state index contributed by atoms with van der Waals surface area (Å²) in [5.74, 6) is 0.139. The van der Waals surface area contributed by atoms with E-state index in [2.05, 4.69) is 15.2 Å². The summed E-state index contributed by atoms with van der Waals surface area (Å²) in [5, 5.41) is 30.6. The molecule has 1 aromatic heterocycles. The molecule has 3 aromatic carbocycles. The van der Waals surface area contributed by atoms with Crippen molar-refractivity contribution in [2.75, 3.05) is 0 Å². The third-order valence-corrected chi connectivity index (χ3v) is 3.85. The van der Waals surface area contributed by atoms with Crippen molar-refractivity contribution in [2.45, 2.75) is 0 Å². The SMILES string of the molecule is Oc1ccc(N=Nc2cccc3cccnc23)c2c(O)cccc12. The second kappa shape index (κ2) is 5.62. The van der Waals surface area contributed by atoms with Gasteiger partial charge in [-0.15, -0.1) is 10.2 Å². The fourth-order valence-corrected chi connectivity index (χ4v) is 2.71. The van der Waals surface area contributed by atoms with Crippen LogP contribution >= 0.6 is 0 Å². The van der Waals surface area contributed by atoms with Gasteiger partial charge in [-0.2, -0.15) is 0 Å². The van der Waals surface area contributed by atoms with Crippen LogP contribution in [0, 0.1) is 0 Å². The van der Waals surface area contributed by atoms with E-state index in [4.69, 9.17) is 0 Å². The molecule has 0 unspecified atom stereocenters. The van der Waals surface area contributed by atoms with Crippen LogP contribution in [0.4, 0.5) is 11.4 Å². The van der Waals surface area contributed by atoms with E-state index < -0.39 is 0 Å². The molecule has 0 spiro atoms. The van der Waals surface area contributed by atoms with Crippen LogP contribution in [0.2, 0.25) is 0 Å². The van der Waals surface area contributed by atoms with Gasteiger partial charge in [0.15, 0.2) is 0 Å². The Morgan fingerprint density at radius 3 is 2.42 bits per heavy atom. The third kappa shape index (κ3) is 2.32. The molecule has 0 bridgehead atoms. The molecule has 2 N–H and O–H groups in total. The summed E-state index contributed by atoms with van der Waals surface area (Å²) in [6.07, 6.45) is 1.71. The molecule has 4 aromatic rings. The molecule has 0 aliphatic carbocycles. The molecule has 0 aliphatic rings. The number of phenolic OH excluding ortho intramolecular Hbond substituents is 2. The third-order valence-electron chi connectivity index (χ3n) is 3.85. The Balaban J connectivity index is 1.88. The first-order chi connectivity index (χ1) is 11.7. The number of azo groups is 1. The van der Waals surface area contributed by atoms with E-state index >= 15 is 0 Å². The molecule has 0 aliphatic heterocycles. The number of phenols is 2. The Morgan fingerprint density at radius 1 is 0.708 bits per heavy atom. The Morgan fingerprint density at radius 2 is 1.50 bits per heavy atom. The van der Waals surface area contributed by atoms with Gasteiger partial charge in [0.2, 0.25) is 0 Å². The van der Waals surface area contributed by atoms with E-state index in [1.165, 1.54) is 6.07 Å². The van der Waals surface area contributed by atoms with Crippen LogP contribution < -0.4 is 0 Å². The normalized spacial score (nSPS) is 11.5. The minimum atomic E-state index is 0.0494. The highest BCUT2D eigenvalue weighted by atomic mass is 16.3. The maximum absolute atomic E-state index is 10.1. The summed E-state index contributed by atoms with van der Waals surface area (Å²) in [5.41, 5.74) is 1.88. The largest absolute Gasteiger partial charge is 0.507 e. The van der Waals surface area contributed by atoms with Crippen LogP contribution in [-0.4, -0.2) is 15.2 Å². The minimum absolute atomic E-state index is 0.0494. The second-order valence-corrected chi connectivity index (χ2v) is 5.36. The Hall–Kier alpha value is -3.47. The van der Waals surface area contributed by atoms with Gasteiger partial charge in [0.25, 0.3) is 0 Å². The first-order valence-corrected chi connectivity index (χ1v) is 7.43. The van der Waals surface area contributed by atoms with Gasteiger partial charge >= 0.3 is 0 Å². The molecule has 0 saturated carbocycles. The second-order valence-electron chi connectivity index (χ2n) is 5.36. The Bertz CT molecular complexity index is 1090. The van der Waals surface area contributed by atoms with Gasteiger partial charge < -0.3 is 10.2 Å². The summed E-state index contributed by atoms with van der Waals surface area (Å²) in [6, 6.07) is 17.6. The lowest BCUT2D eigenvalue weighted by Gasteiger charge is -2.06. The van der Waals surface area contributed by atoms with Crippen molar-refractivity contribution in [1.29, 1.82) is 0 Å². The Kier molecular flexibility index (Phi) is 3.31. The number of aromatic nitrogens is 1. The predicted molar refractivity (Wildman–Crippen MR) is 93.2 cm³/mol. The molecule has 0 amide bonds.